The fraction of sp³-hybridized carbons (Fsp3) is 0.235. The molecule has 1 aromatic heterocycles. The number of fused-ring (bicyclic) bond motifs is 1. The number of amides is 4. The number of imide groups is 2. The molecule has 0 saturated carbocycles. The van der Waals surface area contributed by atoms with Crippen LogP contribution < -0.4 is 5.32 Å². The van der Waals surface area contributed by atoms with Crippen LogP contribution in [0.15, 0.2) is 35.5 Å². The van der Waals surface area contributed by atoms with Gasteiger partial charge in [0.05, 0.1) is 0 Å². The molecule has 2 aromatic rings. The number of carboxylic acids is 1. The predicted molar refractivity (Wildman–Crippen MR) is 91.7 cm³/mol. The summed E-state index contributed by atoms with van der Waals surface area (Å²) in [6, 6.07) is 5.45. The molecule has 2 atom stereocenters. The van der Waals surface area contributed by atoms with Crippen LogP contribution in [0.4, 0.5) is 4.79 Å². The molecule has 9 nitrogen and oxygen atoms in total. The molecule has 4 amide bonds. The highest BCUT2D eigenvalue weighted by atomic mass is 16.4. The van der Waals surface area contributed by atoms with E-state index in [1.165, 1.54) is 7.05 Å². The minimum atomic E-state index is -1.33. The molecular weight excluding hydrogens is 340 g/mol. The Kier molecular flexibility index (Phi) is 4.53. The highest BCUT2D eigenvalue weighted by molar-refractivity contribution is 6.23. The van der Waals surface area contributed by atoms with Crippen molar-refractivity contribution in [3.05, 3.63) is 36.0 Å². The standard InChI is InChI=1S/C17H16N4O5/c1-21-15(23)11(14(22)20-17(21)26)8-19-13(16(24)25)6-9-7-18-12-5-3-2-4-10(9)12/h2-5,7-8,11,13,18H,6H2,1H3,(H,24,25)(H,20,22,26)/t11-,13+/m0/s1. The minimum absolute atomic E-state index is 0.0904. The summed E-state index contributed by atoms with van der Waals surface area (Å²) in [5, 5.41) is 12.3. The Morgan fingerprint density at radius 1 is 1.35 bits per heavy atom. The van der Waals surface area contributed by atoms with Crippen molar-refractivity contribution in [1.82, 2.24) is 15.2 Å². The predicted octanol–water partition coefficient (Wildman–Crippen LogP) is 0.559. The molecule has 134 valence electrons. The van der Waals surface area contributed by atoms with Crippen LogP contribution in [-0.4, -0.2) is 58.1 Å². The number of nitrogens with one attached hydrogen (secondary N) is 2. The second-order valence-corrected chi connectivity index (χ2v) is 5.89. The van der Waals surface area contributed by atoms with Crippen LogP contribution in [0.1, 0.15) is 5.56 Å². The van der Waals surface area contributed by atoms with Crippen LogP contribution in [0.2, 0.25) is 0 Å². The number of carbonyl (C=O) groups excluding carboxylic acids is 3. The third-order valence-corrected chi connectivity index (χ3v) is 4.20. The van der Waals surface area contributed by atoms with Crippen molar-refractivity contribution < 1.29 is 24.3 Å². The molecule has 1 aliphatic rings. The number of aromatic nitrogens is 1. The fourth-order valence-electron chi connectivity index (χ4n) is 2.72. The van der Waals surface area contributed by atoms with Crippen LogP contribution in [0.3, 0.4) is 0 Å². The molecule has 0 radical (unpaired) electrons. The zero-order valence-corrected chi connectivity index (χ0v) is 13.8. The molecule has 26 heavy (non-hydrogen) atoms. The van der Waals surface area contributed by atoms with Gasteiger partial charge in [0.25, 0.3) is 0 Å². The number of hydrogen-bond donors (Lipinski definition) is 3. The van der Waals surface area contributed by atoms with E-state index in [2.05, 4.69) is 9.98 Å². The van der Waals surface area contributed by atoms with Crippen molar-refractivity contribution in [3.8, 4) is 0 Å². The number of barbiturate groups is 1. The van der Waals surface area contributed by atoms with Gasteiger partial charge in [-0.3, -0.25) is 24.8 Å². The van der Waals surface area contributed by atoms with Crippen LogP contribution in [-0.2, 0) is 20.8 Å². The van der Waals surface area contributed by atoms with E-state index in [1.807, 2.05) is 29.6 Å². The summed E-state index contributed by atoms with van der Waals surface area (Å²) in [5.41, 5.74) is 1.63. The van der Waals surface area contributed by atoms with Gasteiger partial charge >= 0.3 is 12.0 Å². The van der Waals surface area contributed by atoms with E-state index in [0.29, 0.717) is 0 Å². The Morgan fingerprint density at radius 2 is 2.08 bits per heavy atom. The molecule has 2 heterocycles. The van der Waals surface area contributed by atoms with Crippen molar-refractivity contribution in [3.63, 3.8) is 0 Å². The van der Waals surface area contributed by atoms with Gasteiger partial charge in [0.1, 0.15) is 0 Å². The molecular formula is C17H16N4O5. The van der Waals surface area contributed by atoms with Gasteiger partial charge in [-0.1, -0.05) is 18.2 Å². The lowest BCUT2D eigenvalue weighted by Crippen LogP contribution is -2.56. The first-order chi connectivity index (χ1) is 12.4. The second kappa shape index (κ2) is 6.79. The van der Waals surface area contributed by atoms with Crippen molar-refractivity contribution in [1.29, 1.82) is 0 Å². The van der Waals surface area contributed by atoms with Crippen LogP contribution in [0.5, 0.6) is 0 Å². The molecule has 0 bridgehead atoms. The number of carboxylic acid groups (broad SMARTS) is 1. The van der Waals surface area contributed by atoms with Gasteiger partial charge in [-0.25, -0.2) is 9.59 Å². The average molecular weight is 356 g/mol. The third-order valence-electron chi connectivity index (χ3n) is 4.20. The summed E-state index contributed by atoms with van der Waals surface area (Å²) in [6.07, 6.45) is 2.79. The lowest BCUT2D eigenvalue weighted by Gasteiger charge is -2.25. The smallest absolute Gasteiger partial charge is 0.330 e. The van der Waals surface area contributed by atoms with E-state index in [4.69, 9.17) is 0 Å². The lowest BCUT2D eigenvalue weighted by atomic mass is 10.0. The molecule has 1 aliphatic heterocycles. The third kappa shape index (κ3) is 3.18. The van der Waals surface area contributed by atoms with Gasteiger partial charge in [-0.2, -0.15) is 0 Å². The average Bonchev–Trinajstić information content (AvgIpc) is 3.01. The first-order valence-electron chi connectivity index (χ1n) is 7.82. The summed E-state index contributed by atoms with van der Waals surface area (Å²) in [6.45, 7) is 0. The van der Waals surface area contributed by atoms with E-state index < -0.39 is 35.8 Å². The van der Waals surface area contributed by atoms with Crippen molar-refractivity contribution in [2.45, 2.75) is 12.5 Å². The molecule has 1 fully saturated rings. The summed E-state index contributed by atoms with van der Waals surface area (Å²) >= 11 is 0. The summed E-state index contributed by atoms with van der Waals surface area (Å²) < 4.78 is 0. The lowest BCUT2D eigenvalue weighted by molar-refractivity contribution is -0.140. The topological polar surface area (TPSA) is 132 Å². The van der Waals surface area contributed by atoms with Crippen LogP contribution in [0, 0.1) is 5.92 Å². The summed E-state index contributed by atoms with van der Waals surface area (Å²) in [5.74, 6) is -4.08. The summed E-state index contributed by atoms with van der Waals surface area (Å²) in [7, 11) is 1.23. The van der Waals surface area contributed by atoms with Crippen molar-refractivity contribution in [2.75, 3.05) is 7.05 Å². The number of para-hydroxylation sites is 1. The molecule has 3 N–H and O–H groups in total. The van der Waals surface area contributed by atoms with Crippen molar-refractivity contribution in [2.24, 2.45) is 10.9 Å². The van der Waals surface area contributed by atoms with Gasteiger partial charge in [0, 0.05) is 36.8 Å². The minimum Gasteiger partial charge on any atom is -0.480 e. The first kappa shape index (κ1) is 17.3. The van der Waals surface area contributed by atoms with E-state index >= 15 is 0 Å². The highest BCUT2D eigenvalue weighted by Crippen LogP contribution is 2.20. The maximum Gasteiger partial charge on any atom is 0.330 e. The zero-order valence-electron chi connectivity index (χ0n) is 13.8. The normalized spacial score (nSPS) is 19.2. The Labute approximate surface area is 147 Å². The molecule has 9 heteroatoms. The number of aromatic amines is 1. The van der Waals surface area contributed by atoms with Gasteiger partial charge in [-0.15, -0.1) is 0 Å². The molecule has 0 aliphatic carbocycles. The molecule has 1 saturated heterocycles. The molecule has 1 aromatic carbocycles. The maximum absolute atomic E-state index is 12.0. The Bertz CT molecular complexity index is 932. The van der Waals surface area contributed by atoms with E-state index in [9.17, 15) is 24.3 Å². The number of rotatable bonds is 5. The van der Waals surface area contributed by atoms with Gasteiger partial charge in [0.15, 0.2) is 12.0 Å². The van der Waals surface area contributed by atoms with Gasteiger partial charge < -0.3 is 10.1 Å². The Hall–Kier alpha value is -3.49. The number of aliphatic carboxylic acids is 1. The highest BCUT2D eigenvalue weighted by Gasteiger charge is 2.37. The zero-order chi connectivity index (χ0) is 18.8. The van der Waals surface area contributed by atoms with E-state index in [1.54, 1.807) is 6.20 Å². The number of urea groups is 1. The number of carbonyl (C=O) groups is 4. The number of benzene rings is 1. The van der Waals surface area contributed by atoms with E-state index in [0.717, 1.165) is 27.6 Å². The van der Waals surface area contributed by atoms with Gasteiger partial charge in [-0.05, 0) is 11.6 Å². The molecule has 0 unspecified atom stereocenters. The maximum atomic E-state index is 12.0. The van der Waals surface area contributed by atoms with Crippen LogP contribution in [0.25, 0.3) is 10.9 Å². The summed E-state index contributed by atoms with van der Waals surface area (Å²) in [4.78, 5) is 54.5. The largest absolute Gasteiger partial charge is 0.480 e. The van der Waals surface area contributed by atoms with Gasteiger partial charge in [0.2, 0.25) is 11.8 Å². The number of aliphatic imine (C=N–C) groups is 1. The SMILES string of the molecule is CN1C(=O)NC(=O)[C@H](C=N[C@H](Cc2c[nH]c3ccccc23)C(=O)O)C1=O. The fourth-order valence-corrected chi connectivity index (χ4v) is 2.72. The molecule has 3 rings (SSSR count). The number of hydrogen-bond acceptors (Lipinski definition) is 5. The number of H-pyrrole nitrogens is 1. The van der Waals surface area contributed by atoms with E-state index in [-0.39, 0.29) is 6.42 Å². The monoisotopic (exact) mass is 356 g/mol. The Morgan fingerprint density at radius 3 is 2.81 bits per heavy atom. The second-order valence-electron chi connectivity index (χ2n) is 5.89. The molecule has 0 spiro atoms. The van der Waals surface area contributed by atoms with Crippen LogP contribution >= 0.6 is 0 Å². The number of nitrogens with zero attached hydrogens (tertiary/aromatic N) is 2. The Balaban J connectivity index is 1.81. The van der Waals surface area contributed by atoms with Crippen molar-refractivity contribution >= 4 is 40.9 Å². The first-order valence-corrected chi connectivity index (χ1v) is 7.82. The quantitative estimate of drug-likeness (QED) is 0.532.